The lowest BCUT2D eigenvalue weighted by Gasteiger charge is -2.09. The summed E-state index contributed by atoms with van der Waals surface area (Å²) in [6, 6.07) is 3.55. The van der Waals surface area contributed by atoms with Gasteiger partial charge in [-0.25, -0.2) is 9.03 Å². The smallest absolute Gasteiger partial charge is 0.245 e. The third-order valence-corrected chi connectivity index (χ3v) is 3.70. The Balaban J connectivity index is 1.94. The molecule has 10 nitrogen and oxygen atoms in total. The molecule has 0 radical (unpaired) electrons. The highest BCUT2D eigenvalue weighted by Crippen LogP contribution is 2.32. The maximum atomic E-state index is 6.19. The van der Waals surface area contributed by atoms with Gasteiger partial charge in [-0.3, -0.25) is 0 Å². The fourth-order valence-electron chi connectivity index (χ4n) is 2.54. The number of aromatic nitrogens is 6. The molecule has 0 spiro atoms. The molecule has 6 N–H and O–H groups in total. The minimum atomic E-state index is 0.183. The first-order chi connectivity index (χ1) is 11.4. The molecule has 0 atom stereocenters. The van der Waals surface area contributed by atoms with Crippen LogP contribution in [0.4, 0.5) is 23.3 Å². The van der Waals surface area contributed by atoms with Gasteiger partial charge in [-0.2, -0.15) is 9.97 Å². The van der Waals surface area contributed by atoms with E-state index >= 15 is 0 Å². The Hall–Kier alpha value is -3.56. The summed E-state index contributed by atoms with van der Waals surface area (Å²) in [5, 5.41) is 8.47. The van der Waals surface area contributed by atoms with Gasteiger partial charge in [0.2, 0.25) is 11.9 Å². The van der Waals surface area contributed by atoms with Gasteiger partial charge in [0.1, 0.15) is 0 Å². The SMILES string of the molecule is CN(C)c1nc2cc(-c3cn4nc(N)nc4cc3N)c(N)cn2n1. The zero-order valence-electron chi connectivity index (χ0n) is 13.2. The maximum Gasteiger partial charge on any atom is 0.245 e. The molecule has 4 rings (SSSR count). The first-order valence-corrected chi connectivity index (χ1v) is 7.17. The highest BCUT2D eigenvalue weighted by molar-refractivity contribution is 5.86. The van der Waals surface area contributed by atoms with E-state index in [0.717, 1.165) is 11.1 Å². The van der Waals surface area contributed by atoms with Gasteiger partial charge in [0.05, 0.1) is 11.9 Å². The second kappa shape index (κ2) is 4.72. The largest absolute Gasteiger partial charge is 0.398 e. The molecule has 0 bridgehead atoms. The van der Waals surface area contributed by atoms with Crippen LogP contribution in [0.15, 0.2) is 24.5 Å². The average Bonchev–Trinajstić information content (AvgIpc) is 3.07. The number of pyridine rings is 2. The van der Waals surface area contributed by atoms with E-state index in [1.807, 2.05) is 25.1 Å². The molecule has 4 heterocycles. The van der Waals surface area contributed by atoms with Gasteiger partial charge in [-0.15, -0.1) is 10.2 Å². The van der Waals surface area contributed by atoms with E-state index in [4.69, 9.17) is 17.2 Å². The van der Waals surface area contributed by atoms with Crippen LogP contribution in [0.2, 0.25) is 0 Å². The summed E-state index contributed by atoms with van der Waals surface area (Å²) in [4.78, 5) is 10.4. The number of rotatable bonds is 2. The van der Waals surface area contributed by atoms with Gasteiger partial charge in [-0.1, -0.05) is 0 Å². The van der Waals surface area contributed by atoms with Crippen LogP contribution in [-0.4, -0.2) is 43.3 Å². The third kappa shape index (κ3) is 2.04. The number of hydrogen-bond acceptors (Lipinski definition) is 8. The summed E-state index contributed by atoms with van der Waals surface area (Å²) in [7, 11) is 3.75. The Morgan fingerprint density at radius 2 is 1.54 bits per heavy atom. The number of hydrogen-bond donors (Lipinski definition) is 3. The molecule has 4 aromatic rings. The van der Waals surface area contributed by atoms with E-state index in [0.29, 0.717) is 28.6 Å². The van der Waals surface area contributed by atoms with Crippen LogP contribution in [-0.2, 0) is 0 Å². The highest BCUT2D eigenvalue weighted by atomic mass is 15.4. The summed E-state index contributed by atoms with van der Waals surface area (Å²) in [5.74, 6) is 0.780. The summed E-state index contributed by atoms with van der Waals surface area (Å²) in [5.41, 5.74) is 21.8. The molecule has 0 aliphatic carbocycles. The fraction of sp³-hybridized carbons (Fsp3) is 0.143. The molecule has 122 valence electrons. The van der Waals surface area contributed by atoms with Crippen LogP contribution < -0.4 is 22.1 Å². The first-order valence-electron chi connectivity index (χ1n) is 7.17. The lowest BCUT2D eigenvalue weighted by Crippen LogP contribution is -2.10. The van der Waals surface area contributed by atoms with Gasteiger partial charge < -0.3 is 22.1 Å². The zero-order valence-corrected chi connectivity index (χ0v) is 13.2. The van der Waals surface area contributed by atoms with E-state index in [9.17, 15) is 0 Å². The summed E-state index contributed by atoms with van der Waals surface area (Å²) in [6.07, 6.45) is 3.46. The minimum Gasteiger partial charge on any atom is -0.398 e. The van der Waals surface area contributed by atoms with Crippen molar-refractivity contribution < 1.29 is 0 Å². The number of fused-ring (bicyclic) bond motifs is 2. The molecule has 4 aromatic heterocycles. The summed E-state index contributed by atoms with van der Waals surface area (Å²) >= 11 is 0. The lowest BCUT2D eigenvalue weighted by molar-refractivity contribution is 0.928. The Labute approximate surface area is 136 Å². The number of nitrogens with zero attached hydrogens (tertiary/aromatic N) is 7. The summed E-state index contributed by atoms with van der Waals surface area (Å²) in [6.45, 7) is 0. The fourth-order valence-corrected chi connectivity index (χ4v) is 2.54. The molecule has 0 aliphatic rings. The van der Waals surface area contributed by atoms with Gasteiger partial charge in [0, 0.05) is 43.2 Å². The Morgan fingerprint density at radius 1 is 0.833 bits per heavy atom. The minimum absolute atomic E-state index is 0.183. The third-order valence-electron chi connectivity index (χ3n) is 3.70. The van der Waals surface area contributed by atoms with Crippen LogP contribution in [0.1, 0.15) is 0 Å². The van der Waals surface area contributed by atoms with Crippen molar-refractivity contribution in [2.24, 2.45) is 0 Å². The van der Waals surface area contributed by atoms with Crippen molar-refractivity contribution in [3.8, 4) is 11.1 Å². The molecular formula is C14H16N10. The molecule has 0 unspecified atom stereocenters. The van der Waals surface area contributed by atoms with E-state index in [-0.39, 0.29) is 5.95 Å². The predicted molar refractivity (Wildman–Crippen MR) is 92.5 cm³/mol. The van der Waals surface area contributed by atoms with Crippen molar-refractivity contribution >= 4 is 34.6 Å². The zero-order chi connectivity index (χ0) is 17.0. The van der Waals surface area contributed by atoms with Crippen LogP contribution in [0, 0.1) is 0 Å². The number of nitrogens with two attached hydrogens (primary N) is 3. The second-order valence-electron chi connectivity index (χ2n) is 5.67. The Bertz CT molecular complexity index is 1070. The van der Waals surface area contributed by atoms with Crippen molar-refractivity contribution in [3.63, 3.8) is 0 Å². The monoisotopic (exact) mass is 324 g/mol. The first kappa shape index (κ1) is 14.1. The molecule has 0 aliphatic heterocycles. The van der Waals surface area contributed by atoms with Gasteiger partial charge in [-0.05, 0) is 6.07 Å². The molecule has 0 amide bonds. The predicted octanol–water partition coefficient (Wildman–Crippen LogP) is 0.252. The van der Waals surface area contributed by atoms with Crippen LogP contribution in [0.3, 0.4) is 0 Å². The van der Waals surface area contributed by atoms with Crippen LogP contribution >= 0.6 is 0 Å². The van der Waals surface area contributed by atoms with Crippen molar-refractivity contribution in [1.82, 2.24) is 29.2 Å². The van der Waals surface area contributed by atoms with Crippen molar-refractivity contribution in [1.29, 1.82) is 0 Å². The van der Waals surface area contributed by atoms with Crippen LogP contribution in [0.5, 0.6) is 0 Å². The van der Waals surface area contributed by atoms with E-state index in [2.05, 4.69) is 20.2 Å². The number of anilines is 4. The molecule has 0 saturated heterocycles. The van der Waals surface area contributed by atoms with Gasteiger partial charge in [0.15, 0.2) is 11.3 Å². The number of nitrogen functional groups attached to an aromatic ring is 3. The maximum absolute atomic E-state index is 6.19. The lowest BCUT2D eigenvalue weighted by atomic mass is 10.1. The van der Waals surface area contributed by atoms with Crippen LogP contribution in [0.25, 0.3) is 22.4 Å². The topological polar surface area (TPSA) is 142 Å². The highest BCUT2D eigenvalue weighted by Gasteiger charge is 2.14. The van der Waals surface area contributed by atoms with Crippen molar-refractivity contribution in [3.05, 3.63) is 24.5 Å². The van der Waals surface area contributed by atoms with Crippen molar-refractivity contribution in [2.45, 2.75) is 0 Å². The van der Waals surface area contributed by atoms with Crippen molar-refractivity contribution in [2.75, 3.05) is 36.2 Å². The van der Waals surface area contributed by atoms with E-state index < -0.39 is 0 Å². The molecule has 10 heteroatoms. The molecular weight excluding hydrogens is 308 g/mol. The summed E-state index contributed by atoms with van der Waals surface area (Å²) < 4.78 is 3.20. The van der Waals surface area contributed by atoms with Gasteiger partial charge >= 0.3 is 0 Å². The second-order valence-corrected chi connectivity index (χ2v) is 5.67. The Morgan fingerprint density at radius 3 is 2.29 bits per heavy atom. The average molecular weight is 324 g/mol. The van der Waals surface area contributed by atoms with Gasteiger partial charge in [0.25, 0.3) is 0 Å². The normalized spacial score (nSPS) is 11.4. The van der Waals surface area contributed by atoms with E-state index in [1.165, 1.54) is 0 Å². The standard InChI is InChI=1S/C14H16N10/c1-22(2)14-19-11-3-7(10(16)6-24(11)21-14)8-5-23-12(4-9(8)15)18-13(17)20-23/h3-6H,15-16H2,1-2H3,(H2,17,20). The van der Waals surface area contributed by atoms with E-state index in [1.54, 1.807) is 27.5 Å². The molecule has 0 aromatic carbocycles. The Kier molecular flexibility index (Phi) is 2.76. The molecule has 24 heavy (non-hydrogen) atoms. The quantitative estimate of drug-likeness (QED) is 0.476. The molecule has 0 fully saturated rings. The molecule has 0 saturated carbocycles.